The van der Waals surface area contributed by atoms with E-state index in [1.165, 1.54) is 6.07 Å². The Morgan fingerprint density at radius 1 is 1.21 bits per heavy atom. The van der Waals surface area contributed by atoms with Crippen LogP contribution in [0.3, 0.4) is 0 Å². The van der Waals surface area contributed by atoms with Crippen molar-refractivity contribution in [3.63, 3.8) is 0 Å². The lowest BCUT2D eigenvalue weighted by Crippen LogP contribution is -2.31. The molecule has 0 fully saturated rings. The molecule has 0 heterocycles. The number of benzene rings is 1. The number of nitrogens with one attached hydrogen (secondary N) is 1. The fraction of sp³-hybridized carbons (Fsp3) is 0.385. The SMILES string of the molecule is CC(C)NC(=O)CSCC(=O)c1c(F)cccc1F. The molecule has 6 heteroatoms. The largest absolute Gasteiger partial charge is 0.353 e. The second kappa shape index (κ2) is 7.23. The van der Waals surface area contributed by atoms with Gasteiger partial charge in [-0.2, -0.15) is 0 Å². The first-order chi connectivity index (χ1) is 8.91. The number of hydrogen-bond donors (Lipinski definition) is 1. The Balaban J connectivity index is 2.50. The van der Waals surface area contributed by atoms with Crippen LogP contribution in [0.2, 0.25) is 0 Å². The minimum atomic E-state index is -0.878. The summed E-state index contributed by atoms with van der Waals surface area (Å²) in [5.41, 5.74) is -0.542. The van der Waals surface area contributed by atoms with E-state index < -0.39 is 23.0 Å². The van der Waals surface area contributed by atoms with Crippen LogP contribution in [-0.2, 0) is 4.79 Å². The number of rotatable bonds is 6. The van der Waals surface area contributed by atoms with Gasteiger partial charge in [-0.1, -0.05) is 6.07 Å². The Hall–Kier alpha value is -1.43. The van der Waals surface area contributed by atoms with Crippen molar-refractivity contribution in [2.24, 2.45) is 0 Å². The van der Waals surface area contributed by atoms with Crippen LogP contribution in [0.1, 0.15) is 24.2 Å². The number of thioether (sulfide) groups is 1. The summed E-state index contributed by atoms with van der Waals surface area (Å²) in [6, 6.07) is 3.29. The Morgan fingerprint density at radius 2 is 1.79 bits per heavy atom. The van der Waals surface area contributed by atoms with E-state index in [2.05, 4.69) is 5.32 Å². The summed E-state index contributed by atoms with van der Waals surface area (Å²) >= 11 is 1.03. The maximum Gasteiger partial charge on any atom is 0.230 e. The zero-order chi connectivity index (χ0) is 14.4. The van der Waals surface area contributed by atoms with Gasteiger partial charge >= 0.3 is 0 Å². The second-order valence-corrected chi connectivity index (χ2v) is 5.22. The van der Waals surface area contributed by atoms with E-state index in [4.69, 9.17) is 0 Å². The molecule has 0 aliphatic heterocycles. The smallest absolute Gasteiger partial charge is 0.230 e. The maximum atomic E-state index is 13.3. The molecular formula is C13H15F2NO2S. The van der Waals surface area contributed by atoms with Crippen LogP contribution < -0.4 is 5.32 Å². The van der Waals surface area contributed by atoms with Crippen molar-refractivity contribution >= 4 is 23.5 Å². The van der Waals surface area contributed by atoms with Gasteiger partial charge in [0.25, 0.3) is 0 Å². The van der Waals surface area contributed by atoms with Crippen LogP contribution in [0.25, 0.3) is 0 Å². The van der Waals surface area contributed by atoms with Crippen LogP contribution in [0.5, 0.6) is 0 Å². The van der Waals surface area contributed by atoms with Gasteiger partial charge in [0.1, 0.15) is 11.6 Å². The van der Waals surface area contributed by atoms with Gasteiger partial charge in [0.15, 0.2) is 5.78 Å². The summed E-state index contributed by atoms with van der Waals surface area (Å²) < 4.78 is 26.6. The van der Waals surface area contributed by atoms with Gasteiger partial charge in [0, 0.05) is 6.04 Å². The minimum absolute atomic E-state index is 0.0211. The second-order valence-electron chi connectivity index (χ2n) is 4.23. The molecule has 104 valence electrons. The van der Waals surface area contributed by atoms with Gasteiger partial charge in [-0.3, -0.25) is 9.59 Å². The Kier molecular flexibility index (Phi) is 5.95. The molecule has 0 spiro atoms. The maximum absolute atomic E-state index is 13.3. The van der Waals surface area contributed by atoms with Gasteiger partial charge in [-0.15, -0.1) is 11.8 Å². The molecule has 0 atom stereocenters. The van der Waals surface area contributed by atoms with Crippen molar-refractivity contribution in [3.8, 4) is 0 Å². The van der Waals surface area contributed by atoms with Gasteiger partial charge in [-0.25, -0.2) is 8.78 Å². The highest BCUT2D eigenvalue weighted by molar-refractivity contribution is 8.00. The molecule has 0 aliphatic rings. The van der Waals surface area contributed by atoms with E-state index in [-0.39, 0.29) is 23.5 Å². The number of carbonyl (C=O) groups is 2. The monoisotopic (exact) mass is 287 g/mol. The molecule has 1 aromatic carbocycles. The number of halogens is 2. The van der Waals surface area contributed by atoms with Crippen LogP contribution in [0.15, 0.2) is 18.2 Å². The fourth-order valence-electron chi connectivity index (χ4n) is 1.44. The lowest BCUT2D eigenvalue weighted by Gasteiger charge is -2.08. The molecule has 3 nitrogen and oxygen atoms in total. The predicted octanol–water partition coefficient (Wildman–Crippen LogP) is 2.41. The van der Waals surface area contributed by atoms with Crippen molar-refractivity contribution in [2.45, 2.75) is 19.9 Å². The first-order valence-electron chi connectivity index (χ1n) is 5.76. The van der Waals surface area contributed by atoms with Gasteiger partial charge in [0.2, 0.25) is 5.91 Å². The van der Waals surface area contributed by atoms with Gasteiger partial charge < -0.3 is 5.32 Å². The van der Waals surface area contributed by atoms with E-state index in [1.54, 1.807) is 0 Å². The van der Waals surface area contributed by atoms with E-state index >= 15 is 0 Å². The highest BCUT2D eigenvalue weighted by atomic mass is 32.2. The molecule has 1 aromatic rings. The van der Waals surface area contributed by atoms with Crippen molar-refractivity contribution in [1.82, 2.24) is 5.32 Å². The molecule has 1 rings (SSSR count). The number of carbonyl (C=O) groups excluding carboxylic acids is 2. The zero-order valence-corrected chi connectivity index (χ0v) is 11.5. The molecule has 1 N–H and O–H groups in total. The average Bonchev–Trinajstić information content (AvgIpc) is 2.27. The lowest BCUT2D eigenvalue weighted by atomic mass is 10.1. The highest BCUT2D eigenvalue weighted by Gasteiger charge is 2.17. The molecular weight excluding hydrogens is 272 g/mol. The Labute approximate surface area is 114 Å². The summed E-state index contributed by atoms with van der Waals surface area (Å²) in [4.78, 5) is 23.0. The molecule has 19 heavy (non-hydrogen) atoms. The molecule has 0 aromatic heterocycles. The van der Waals surface area contributed by atoms with Crippen molar-refractivity contribution < 1.29 is 18.4 Å². The standard InChI is InChI=1S/C13H15F2NO2S/c1-8(2)16-12(18)7-19-6-11(17)13-9(14)4-3-5-10(13)15/h3-5,8H,6-7H2,1-2H3,(H,16,18). The van der Waals surface area contributed by atoms with Crippen LogP contribution >= 0.6 is 11.8 Å². The third-order valence-corrected chi connectivity index (χ3v) is 3.09. The summed E-state index contributed by atoms with van der Waals surface area (Å²) in [6.45, 7) is 3.64. The van der Waals surface area contributed by atoms with Crippen LogP contribution in [-0.4, -0.2) is 29.2 Å². The first-order valence-corrected chi connectivity index (χ1v) is 6.91. The third kappa shape index (κ3) is 4.98. The minimum Gasteiger partial charge on any atom is -0.353 e. The molecule has 0 radical (unpaired) electrons. The van der Waals surface area contributed by atoms with Crippen LogP contribution in [0, 0.1) is 11.6 Å². The summed E-state index contributed by atoms with van der Waals surface area (Å²) in [5.74, 6) is -2.67. The zero-order valence-electron chi connectivity index (χ0n) is 10.7. The van der Waals surface area contributed by atoms with E-state index in [0.717, 1.165) is 23.9 Å². The first kappa shape index (κ1) is 15.6. The average molecular weight is 287 g/mol. The molecule has 0 bridgehead atoms. The fourth-order valence-corrected chi connectivity index (χ4v) is 2.14. The topological polar surface area (TPSA) is 46.2 Å². The van der Waals surface area contributed by atoms with E-state index in [1.807, 2.05) is 13.8 Å². The summed E-state index contributed by atoms with van der Waals surface area (Å²) in [7, 11) is 0. The van der Waals surface area contributed by atoms with Gasteiger partial charge in [-0.05, 0) is 26.0 Å². The summed E-state index contributed by atoms with van der Waals surface area (Å²) in [5, 5.41) is 2.66. The van der Waals surface area contributed by atoms with Crippen molar-refractivity contribution in [1.29, 1.82) is 0 Å². The molecule has 0 aliphatic carbocycles. The quantitative estimate of drug-likeness (QED) is 0.817. The number of Topliss-reactive ketones (excluding diaryl/α,β-unsaturated/α-hetero) is 1. The number of amides is 1. The molecule has 0 unspecified atom stereocenters. The number of ketones is 1. The van der Waals surface area contributed by atoms with E-state index in [0.29, 0.717) is 0 Å². The van der Waals surface area contributed by atoms with Gasteiger partial charge in [0.05, 0.1) is 17.1 Å². The Bertz CT molecular complexity index is 457. The van der Waals surface area contributed by atoms with Crippen LogP contribution in [0.4, 0.5) is 8.78 Å². The number of hydrogen-bond acceptors (Lipinski definition) is 3. The van der Waals surface area contributed by atoms with Crippen molar-refractivity contribution in [2.75, 3.05) is 11.5 Å². The Morgan fingerprint density at radius 3 is 2.32 bits per heavy atom. The van der Waals surface area contributed by atoms with Crippen molar-refractivity contribution in [3.05, 3.63) is 35.4 Å². The summed E-state index contributed by atoms with van der Waals surface area (Å²) in [6.07, 6.45) is 0. The predicted molar refractivity (Wildman–Crippen MR) is 71.3 cm³/mol. The normalized spacial score (nSPS) is 10.6. The van der Waals surface area contributed by atoms with E-state index in [9.17, 15) is 18.4 Å². The molecule has 1 amide bonds. The third-order valence-electron chi connectivity index (χ3n) is 2.16. The lowest BCUT2D eigenvalue weighted by molar-refractivity contribution is -0.119. The molecule has 0 saturated heterocycles. The highest BCUT2D eigenvalue weighted by Crippen LogP contribution is 2.15. The molecule has 0 saturated carbocycles.